The number of anilines is 3. The minimum Gasteiger partial charge on any atom is -0.475 e. The van der Waals surface area contributed by atoms with Crippen LogP contribution in [0.15, 0.2) is 4.52 Å². The van der Waals surface area contributed by atoms with Gasteiger partial charge in [0, 0.05) is 29.1 Å². The molecule has 6 heterocycles. The van der Waals surface area contributed by atoms with Crippen LogP contribution in [-0.4, -0.2) is 81.5 Å². The minimum atomic E-state index is -0.905. The molecule has 5 N–H and O–H groups in total. The second-order valence-electron chi connectivity index (χ2n) is 14.6. The molecule has 3 aromatic rings. The van der Waals surface area contributed by atoms with Gasteiger partial charge in [0.2, 0.25) is 5.90 Å². The van der Waals surface area contributed by atoms with E-state index >= 15 is 0 Å². The highest BCUT2D eigenvalue weighted by atomic mass is 32.1. The first-order chi connectivity index (χ1) is 22.6. The Morgan fingerprint density at radius 1 is 1.19 bits per heavy atom. The highest BCUT2D eigenvalue weighted by molar-refractivity contribution is 7.16. The van der Waals surface area contributed by atoms with Crippen molar-refractivity contribution in [3.63, 3.8) is 0 Å². The molecular weight excluding hydrogens is 615 g/mol. The lowest BCUT2D eigenvalue weighted by Crippen LogP contribution is -2.53. The van der Waals surface area contributed by atoms with E-state index in [1.165, 1.54) is 16.2 Å². The van der Waals surface area contributed by atoms with Crippen molar-refractivity contribution in [2.75, 3.05) is 42.7 Å². The third-order valence-electron chi connectivity index (χ3n) is 11.4. The van der Waals surface area contributed by atoms with Crippen LogP contribution in [0.2, 0.25) is 0 Å². The zero-order valence-corrected chi connectivity index (χ0v) is 28.2. The Morgan fingerprint density at radius 3 is 2.77 bits per heavy atom. The first-order valence-corrected chi connectivity index (χ1v) is 17.8. The number of hydrogen-bond donors (Lipinski definition) is 4. The molecule has 3 aliphatic heterocycles. The molecule has 248 valence electrons. The third-order valence-corrected chi connectivity index (χ3v) is 12.4. The van der Waals surface area contributed by atoms with E-state index in [0.29, 0.717) is 64.9 Å². The van der Waals surface area contributed by atoms with E-state index < -0.39 is 11.0 Å². The van der Waals surface area contributed by atoms with Crippen molar-refractivity contribution in [1.29, 1.82) is 10.7 Å². The fraction of sp³-hybridized carbons (Fsp3) is 0.618. The molecule has 12 nitrogen and oxygen atoms in total. The number of nitrogens with one attached hydrogen (secondary N) is 2. The molecule has 0 aromatic carbocycles. The lowest BCUT2D eigenvalue weighted by atomic mass is 9.63. The summed E-state index contributed by atoms with van der Waals surface area (Å²) in [4.78, 5) is 15.9. The first-order valence-electron chi connectivity index (χ1n) is 17.0. The fourth-order valence-electron chi connectivity index (χ4n) is 9.05. The zero-order valence-electron chi connectivity index (χ0n) is 27.4. The Balaban J connectivity index is 1.29. The molecule has 0 radical (unpaired) electrons. The summed E-state index contributed by atoms with van der Waals surface area (Å²) >= 11 is 1.53. The van der Waals surface area contributed by atoms with Gasteiger partial charge < -0.3 is 35.2 Å². The number of aliphatic hydroxyl groups is 1. The van der Waals surface area contributed by atoms with E-state index in [9.17, 15) is 10.4 Å². The van der Waals surface area contributed by atoms with E-state index in [4.69, 9.17) is 30.4 Å². The van der Waals surface area contributed by atoms with Gasteiger partial charge in [-0.2, -0.15) is 5.26 Å². The van der Waals surface area contributed by atoms with Gasteiger partial charge in [0.25, 0.3) is 0 Å². The number of rotatable bonds is 4. The summed E-state index contributed by atoms with van der Waals surface area (Å²) in [5, 5.41) is 39.3. The Hall–Kier alpha value is -3.73. The number of nitrogens with zero attached hydrogens (tertiary/aromatic N) is 6. The van der Waals surface area contributed by atoms with Crippen LogP contribution < -0.4 is 16.0 Å². The monoisotopic (exact) mass is 657 g/mol. The number of thiophene rings is 1. The number of aryl methyl sites for hydroxylation is 1. The number of likely N-dealkylation sites (tertiary alicyclic amines) is 1. The quantitative estimate of drug-likeness (QED) is 0.309. The molecule has 5 unspecified atom stereocenters. The van der Waals surface area contributed by atoms with Crippen molar-refractivity contribution in [2.45, 2.75) is 107 Å². The zero-order chi connectivity index (χ0) is 32.7. The standard InChI is InChI=1S/C34H43N9O3S/c1-18(22-8-6-14-42(22)3)38-30-24-28(36)45-16-19-10-13-33(2,44)17-43(19)32(24)40-31(39-30)26-20-7-4-11-34(27(20)46-41-26)12-5-9-23-25(34)21(15-35)29(37)47-23/h18-19,22,36,44H,4-14,16-17,37H2,1-3H3,(H,38,39,40). The van der Waals surface area contributed by atoms with E-state index in [1.807, 2.05) is 6.92 Å². The number of nitrogen functional groups attached to an aromatic ring is 1. The van der Waals surface area contributed by atoms with Gasteiger partial charge in [0.05, 0.1) is 22.6 Å². The molecule has 2 fully saturated rings. The van der Waals surface area contributed by atoms with E-state index in [-0.39, 0.29) is 18.0 Å². The Labute approximate surface area is 278 Å². The van der Waals surface area contributed by atoms with Crippen molar-refractivity contribution >= 4 is 33.9 Å². The second-order valence-corrected chi connectivity index (χ2v) is 15.7. The normalized spacial score (nSPS) is 29.3. The number of ether oxygens (including phenoxy) is 1. The van der Waals surface area contributed by atoms with Crippen molar-refractivity contribution in [3.8, 4) is 17.6 Å². The maximum absolute atomic E-state index is 11.2. The van der Waals surface area contributed by atoms with Gasteiger partial charge in [-0.3, -0.25) is 5.41 Å². The lowest BCUT2D eigenvalue weighted by Gasteiger charge is -2.42. The average Bonchev–Trinajstić information content (AvgIpc) is 3.74. The van der Waals surface area contributed by atoms with Crippen LogP contribution in [0.4, 0.5) is 16.6 Å². The Bertz CT molecular complexity index is 1790. The maximum Gasteiger partial charge on any atom is 0.220 e. The molecule has 8 rings (SSSR count). The topological polar surface area (TPSA) is 173 Å². The summed E-state index contributed by atoms with van der Waals surface area (Å²) in [6, 6.07) is 2.74. The van der Waals surface area contributed by atoms with Gasteiger partial charge in [-0.05, 0) is 97.2 Å². The summed E-state index contributed by atoms with van der Waals surface area (Å²) in [5.41, 5.74) is 8.72. The van der Waals surface area contributed by atoms with Gasteiger partial charge >= 0.3 is 0 Å². The number of likely N-dealkylation sites (N-methyl/N-ethyl adjacent to an activating group) is 1. The van der Waals surface area contributed by atoms with Crippen molar-refractivity contribution in [1.82, 2.24) is 20.0 Å². The Kier molecular flexibility index (Phi) is 7.27. The molecule has 2 saturated heterocycles. The first kappa shape index (κ1) is 30.6. The van der Waals surface area contributed by atoms with Crippen molar-refractivity contribution < 1.29 is 14.4 Å². The molecule has 5 atom stereocenters. The maximum atomic E-state index is 11.2. The molecule has 2 aliphatic carbocycles. The van der Waals surface area contributed by atoms with Gasteiger partial charge in [-0.25, -0.2) is 9.97 Å². The van der Waals surface area contributed by atoms with Crippen LogP contribution in [0.25, 0.3) is 11.5 Å². The van der Waals surface area contributed by atoms with E-state index in [2.05, 4.69) is 40.3 Å². The third kappa shape index (κ3) is 4.82. The van der Waals surface area contributed by atoms with Crippen LogP contribution >= 0.6 is 11.3 Å². The molecule has 3 aromatic heterocycles. The summed E-state index contributed by atoms with van der Waals surface area (Å²) in [6.07, 6.45) is 8.91. The average molecular weight is 658 g/mol. The molecule has 1 spiro atoms. The summed E-state index contributed by atoms with van der Waals surface area (Å²) in [5.74, 6) is 2.38. The fourth-order valence-corrected chi connectivity index (χ4v) is 10.2. The van der Waals surface area contributed by atoms with Crippen LogP contribution in [0.1, 0.15) is 98.1 Å². The number of hydrogen-bond acceptors (Lipinski definition) is 13. The van der Waals surface area contributed by atoms with Crippen LogP contribution in [0.5, 0.6) is 0 Å². The highest BCUT2D eigenvalue weighted by Crippen LogP contribution is 2.55. The van der Waals surface area contributed by atoms with E-state index in [1.54, 1.807) is 0 Å². The summed E-state index contributed by atoms with van der Waals surface area (Å²) in [6.45, 7) is 5.79. The molecule has 13 heteroatoms. The number of nitrogens with two attached hydrogens (primary N) is 1. The highest BCUT2D eigenvalue weighted by Gasteiger charge is 2.49. The number of piperidine rings is 1. The van der Waals surface area contributed by atoms with Gasteiger partial charge in [0.15, 0.2) is 17.3 Å². The van der Waals surface area contributed by atoms with Crippen LogP contribution in [0.3, 0.4) is 0 Å². The second kappa shape index (κ2) is 11.2. The summed E-state index contributed by atoms with van der Waals surface area (Å²) < 4.78 is 12.4. The molecule has 5 aliphatic rings. The minimum absolute atomic E-state index is 0.0324. The smallest absolute Gasteiger partial charge is 0.220 e. The molecule has 0 bridgehead atoms. The van der Waals surface area contributed by atoms with Gasteiger partial charge in [0.1, 0.15) is 34.9 Å². The lowest BCUT2D eigenvalue weighted by molar-refractivity contribution is 0.0318. The number of nitriles is 1. The SMILES string of the molecule is CC(Nc1nc(-c2noc3c2CCCC32CCCc3sc(N)c(C#N)c32)nc2c1C(=N)OCC1CCC(C)(O)CN21)C1CCCN1C. The largest absolute Gasteiger partial charge is 0.475 e. The van der Waals surface area contributed by atoms with Crippen LogP contribution in [0, 0.1) is 16.7 Å². The van der Waals surface area contributed by atoms with Gasteiger partial charge in [-0.15, -0.1) is 11.3 Å². The summed E-state index contributed by atoms with van der Waals surface area (Å²) in [7, 11) is 2.15. The van der Waals surface area contributed by atoms with Crippen molar-refractivity contribution in [3.05, 3.63) is 32.9 Å². The van der Waals surface area contributed by atoms with Crippen LogP contribution in [-0.2, 0) is 23.0 Å². The van der Waals surface area contributed by atoms with Crippen molar-refractivity contribution in [2.24, 2.45) is 0 Å². The predicted molar refractivity (Wildman–Crippen MR) is 180 cm³/mol. The van der Waals surface area contributed by atoms with Gasteiger partial charge in [-0.1, -0.05) is 5.16 Å². The molecule has 47 heavy (non-hydrogen) atoms. The van der Waals surface area contributed by atoms with E-state index in [0.717, 1.165) is 81.2 Å². The molecular formula is C34H43N9O3S. The molecule has 0 saturated carbocycles. The Morgan fingerprint density at radius 2 is 2.00 bits per heavy atom. The predicted octanol–water partition coefficient (Wildman–Crippen LogP) is 4.58. The molecule has 0 amide bonds. The number of fused-ring (bicyclic) bond motifs is 7. The number of aromatic nitrogens is 3.